The fourth-order valence-electron chi connectivity index (χ4n) is 3.94. The topological polar surface area (TPSA) is 59.4 Å². The molecule has 1 aliphatic heterocycles. The molecule has 0 bridgehead atoms. The largest absolute Gasteiger partial charge is 0.379 e. The van der Waals surface area contributed by atoms with Crippen molar-refractivity contribution < 1.29 is 9.53 Å². The summed E-state index contributed by atoms with van der Waals surface area (Å²) in [5, 5.41) is 7.88. The molecule has 1 N–H and O–H groups in total. The van der Waals surface area contributed by atoms with Gasteiger partial charge in [-0.1, -0.05) is 48.0 Å². The molecule has 1 fully saturated rings. The maximum Gasteiger partial charge on any atom is 0.270 e. The van der Waals surface area contributed by atoms with E-state index in [-0.39, 0.29) is 5.91 Å². The Hall–Kier alpha value is -2.96. The fraction of sp³-hybridized carbons (Fsp3) is 0.360. The molecule has 2 aromatic carbocycles. The van der Waals surface area contributed by atoms with Crippen molar-refractivity contribution in [3.8, 4) is 16.9 Å². The third-order valence-electron chi connectivity index (χ3n) is 5.63. The lowest BCUT2D eigenvalue weighted by molar-refractivity contribution is 0.0374. The minimum absolute atomic E-state index is 0.100. The lowest BCUT2D eigenvalue weighted by Crippen LogP contribution is -2.38. The van der Waals surface area contributed by atoms with E-state index < -0.39 is 0 Å². The number of hydrogen-bond donors (Lipinski definition) is 1. The summed E-state index contributed by atoms with van der Waals surface area (Å²) in [4.78, 5) is 15.5. The standard InChI is InChI=1S/C25H30N4O2/c1-19-9-10-23(20(2)17-19)29-24(18-22(27-29)21-7-4-3-5-8-21)25(30)26-11-6-12-28-13-15-31-16-14-28/h3-5,7-10,17-18H,6,11-16H2,1-2H3,(H,26,30). The van der Waals surface area contributed by atoms with Crippen molar-refractivity contribution in [3.63, 3.8) is 0 Å². The van der Waals surface area contributed by atoms with Crippen LogP contribution in [0, 0.1) is 13.8 Å². The predicted octanol–water partition coefficient (Wildman–Crippen LogP) is 3.61. The van der Waals surface area contributed by atoms with Crippen molar-refractivity contribution in [2.75, 3.05) is 39.4 Å². The van der Waals surface area contributed by atoms with Gasteiger partial charge in [-0.3, -0.25) is 9.69 Å². The molecule has 1 aliphatic rings. The molecule has 0 atom stereocenters. The number of rotatable bonds is 7. The molecule has 6 heteroatoms. The van der Waals surface area contributed by atoms with Crippen LogP contribution in [0.5, 0.6) is 0 Å². The second-order valence-electron chi connectivity index (χ2n) is 8.05. The first kappa shape index (κ1) is 21.3. The minimum atomic E-state index is -0.100. The van der Waals surface area contributed by atoms with Crippen molar-refractivity contribution in [2.45, 2.75) is 20.3 Å². The summed E-state index contributed by atoms with van der Waals surface area (Å²) in [6.07, 6.45) is 0.912. The molecule has 0 spiro atoms. The Labute approximate surface area is 183 Å². The SMILES string of the molecule is Cc1ccc(-n2nc(-c3ccccc3)cc2C(=O)NCCCN2CCOCC2)c(C)c1. The van der Waals surface area contributed by atoms with Crippen LogP contribution in [0.25, 0.3) is 16.9 Å². The van der Waals surface area contributed by atoms with E-state index in [1.165, 1.54) is 5.56 Å². The Balaban J connectivity index is 1.53. The van der Waals surface area contributed by atoms with Gasteiger partial charge in [0.25, 0.3) is 5.91 Å². The number of aryl methyl sites for hydroxylation is 2. The summed E-state index contributed by atoms with van der Waals surface area (Å²) < 4.78 is 7.16. The van der Waals surface area contributed by atoms with Crippen molar-refractivity contribution in [3.05, 3.63) is 71.4 Å². The van der Waals surface area contributed by atoms with E-state index >= 15 is 0 Å². The number of carbonyl (C=O) groups excluding carboxylic acids is 1. The second kappa shape index (κ2) is 9.90. The van der Waals surface area contributed by atoms with Crippen molar-refractivity contribution in [2.24, 2.45) is 0 Å². The van der Waals surface area contributed by atoms with Gasteiger partial charge in [0.2, 0.25) is 0 Å². The van der Waals surface area contributed by atoms with Crippen LogP contribution in [0.4, 0.5) is 0 Å². The van der Waals surface area contributed by atoms with Crippen molar-refractivity contribution in [1.82, 2.24) is 20.0 Å². The van der Waals surface area contributed by atoms with E-state index in [4.69, 9.17) is 9.84 Å². The maximum absolute atomic E-state index is 13.1. The number of aromatic nitrogens is 2. The number of morpholine rings is 1. The molecule has 2 heterocycles. The van der Waals surface area contributed by atoms with Gasteiger partial charge >= 0.3 is 0 Å². The zero-order valence-corrected chi connectivity index (χ0v) is 18.3. The average molecular weight is 419 g/mol. The molecule has 1 aromatic heterocycles. The zero-order chi connectivity index (χ0) is 21.6. The van der Waals surface area contributed by atoms with E-state index in [0.29, 0.717) is 12.2 Å². The molecule has 4 rings (SSSR count). The number of benzene rings is 2. The first-order valence-electron chi connectivity index (χ1n) is 10.9. The lowest BCUT2D eigenvalue weighted by Gasteiger charge is -2.26. The highest BCUT2D eigenvalue weighted by molar-refractivity contribution is 5.94. The van der Waals surface area contributed by atoms with E-state index in [1.54, 1.807) is 4.68 Å². The quantitative estimate of drug-likeness (QED) is 0.596. The molecular formula is C25H30N4O2. The third kappa shape index (κ3) is 5.21. The van der Waals surface area contributed by atoms with Gasteiger partial charge in [-0.25, -0.2) is 4.68 Å². The Kier molecular flexibility index (Phi) is 6.79. The number of carbonyl (C=O) groups is 1. The molecule has 0 unspecified atom stereocenters. The molecule has 0 aliphatic carbocycles. The monoisotopic (exact) mass is 418 g/mol. The third-order valence-corrected chi connectivity index (χ3v) is 5.63. The Bertz CT molecular complexity index is 1020. The number of nitrogens with zero attached hydrogens (tertiary/aromatic N) is 3. The maximum atomic E-state index is 13.1. The lowest BCUT2D eigenvalue weighted by atomic mass is 10.1. The van der Waals surface area contributed by atoms with Crippen LogP contribution in [0.15, 0.2) is 54.6 Å². The zero-order valence-electron chi connectivity index (χ0n) is 18.3. The highest BCUT2D eigenvalue weighted by Crippen LogP contribution is 2.23. The highest BCUT2D eigenvalue weighted by Gasteiger charge is 2.19. The van der Waals surface area contributed by atoms with Crippen LogP contribution < -0.4 is 5.32 Å². The van der Waals surface area contributed by atoms with Gasteiger partial charge in [0.05, 0.1) is 24.6 Å². The van der Waals surface area contributed by atoms with Gasteiger partial charge in [-0.15, -0.1) is 0 Å². The molecule has 1 amide bonds. The summed E-state index contributed by atoms with van der Waals surface area (Å²) in [6, 6.07) is 18.0. The predicted molar refractivity (Wildman–Crippen MR) is 123 cm³/mol. The molecule has 0 radical (unpaired) electrons. The molecule has 3 aromatic rings. The van der Waals surface area contributed by atoms with Crippen LogP contribution in [-0.4, -0.2) is 60.0 Å². The van der Waals surface area contributed by atoms with Crippen LogP contribution in [0.1, 0.15) is 28.0 Å². The Morgan fingerprint density at radius 2 is 1.84 bits per heavy atom. The molecule has 162 valence electrons. The Morgan fingerprint density at radius 1 is 1.06 bits per heavy atom. The second-order valence-corrected chi connectivity index (χ2v) is 8.05. The molecule has 1 saturated heterocycles. The normalized spacial score (nSPS) is 14.5. The highest BCUT2D eigenvalue weighted by atomic mass is 16.5. The van der Waals surface area contributed by atoms with Gasteiger partial charge in [-0.2, -0.15) is 5.10 Å². The van der Waals surface area contributed by atoms with Gasteiger partial charge in [-0.05, 0) is 44.5 Å². The number of amides is 1. The van der Waals surface area contributed by atoms with E-state index in [0.717, 1.165) is 61.8 Å². The van der Waals surface area contributed by atoms with Crippen LogP contribution >= 0.6 is 0 Å². The summed E-state index contributed by atoms with van der Waals surface area (Å²) in [7, 11) is 0. The Morgan fingerprint density at radius 3 is 2.58 bits per heavy atom. The van der Waals surface area contributed by atoms with Gasteiger partial charge in [0.15, 0.2) is 0 Å². The first-order chi connectivity index (χ1) is 15.1. The smallest absolute Gasteiger partial charge is 0.270 e. The van der Waals surface area contributed by atoms with E-state index in [1.807, 2.05) is 42.5 Å². The van der Waals surface area contributed by atoms with Crippen LogP contribution in [0.3, 0.4) is 0 Å². The van der Waals surface area contributed by atoms with Crippen LogP contribution in [0.2, 0.25) is 0 Å². The number of hydrogen-bond acceptors (Lipinski definition) is 4. The summed E-state index contributed by atoms with van der Waals surface area (Å²) >= 11 is 0. The molecular weight excluding hydrogens is 388 g/mol. The van der Waals surface area contributed by atoms with Crippen LogP contribution in [-0.2, 0) is 4.74 Å². The summed E-state index contributed by atoms with van der Waals surface area (Å²) in [5.74, 6) is -0.100. The van der Waals surface area contributed by atoms with Gasteiger partial charge < -0.3 is 10.1 Å². The van der Waals surface area contributed by atoms with Crippen molar-refractivity contribution in [1.29, 1.82) is 0 Å². The fourth-order valence-corrected chi connectivity index (χ4v) is 3.94. The first-order valence-corrected chi connectivity index (χ1v) is 10.9. The van der Waals surface area contributed by atoms with Gasteiger partial charge in [0.1, 0.15) is 5.69 Å². The molecule has 31 heavy (non-hydrogen) atoms. The molecule has 6 nitrogen and oxygen atoms in total. The minimum Gasteiger partial charge on any atom is -0.379 e. The summed E-state index contributed by atoms with van der Waals surface area (Å²) in [5.41, 5.74) is 5.53. The van der Waals surface area contributed by atoms with Crippen molar-refractivity contribution >= 4 is 5.91 Å². The summed E-state index contributed by atoms with van der Waals surface area (Å²) in [6.45, 7) is 9.24. The van der Waals surface area contributed by atoms with Gasteiger partial charge in [0, 0.05) is 25.2 Å². The van der Waals surface area contributed by atoms with E-state index in [2.05, 4.69) is 36.2 Å². The average Bonchev–Trinajstić information content (AvgIpc) is 3.23. The van der Waals surface area contributed by atoms with E-state index in [9.17, 15) is 4.79 Å². The molecule has 0 saturated carbocycles. The number of ether oxygens (including phenoxy) is 1. The number of nitrogens with one attached hydrogen (secondary N) is 1.